The van der Waals surface area contributed by atoms with Gasteiger partial charge in [0.1, 0.15) is 0 Å². The Labute approximate surface area is 138 Å². The average Bonchev–Trinajstić information content (AvgIpc) is 2.90. The Balaban J connectivity index is 2.20. The predicted octanol–water partition coefficient (Wildman–Crippen LogP) is 4.78. The quantitative estimate of drug-likeness (QED) is 0.668. The zero-order chi connectivity index (χ0) is 16.8. The minimum atomic E-state index is -4.60. The van der Waals surface area contributed by atoms with E-state index in [4.69, 9.17) is 0 Å². The fourth-order valence-electron chi connectivity index (χ4n) is 2.26. The van der Waals surface area contributed by atoms with E-state index in [1.807, 2.05) is 0 Å². The molecule has 0 spiro atoms. The Kier molecular flexibility index (Phi) is 3.76. The molecule has 0 amide bonds. The first-order valence-corrected chi connectivity index (χ1v) is 8.66. The van der Waals surface area contributed by atoms with Crippen LogP contribution < -0.4 is 0 Å². The molecule has 2 aromatic carbocycles. The van der Waals surface area contributed by atoms with E-state index in [0.717, 1.165) is 18.2 Å². The standard InChI is InChI=1S/C15H9BrF3NO2S/c16-10-4-5-13-12(7-10)14(8-20-13)23(21,22)11-3-1-2-9(6-11)15(17,18)19/h1-8,20H. The zero-order valence-corrected chi connectivity index (χ0v) is 13.8. The molecule has 0 aliphatic heterocycles. The van der Waals surface area contributed by atoms with Crippen molar-refractivity contribution in [2.45, 2.75) is 16.0 Å². The maximum atomic E-state index is 12.8. The highest BCUT2D eigenvalue weighted by molar-refractivity contribution is 9.10. The lowest BCUT2D eigenvalue weighted by Crippen LogP contribution is -2.08. The summed E-state index contributed by atoms with van der Waals surface area (Å²) in [4.78, 5) is 2.36. The highest BCUT2D eigenvalue weighted by Gasteiger charge is 2.32. The predicted molar refractivity (Wildman–Crippen MR) is 82.9 cm³/mol. The van der Waals surface area contributed by atoms with Crippen molar-refractivity contribution in [2.75, 3.05) is 0 Å². The molecule has 1 aromatic heterocycles. The Morgan fingerprint density at radius 2 is 1.78 bits per heavy atom. The third-order valence-corrected chi connectivity index (χ3v) is 5.65. The van der Waals surface area contributed by atoms with Crippen LogP contribution in [0.15, 0.2) is 62.9 Å². The second kappa shape index (κ2) is 5.38. The minimum absolute atomic E-state index is 0.0619. The van der Waals surface area contributed by atoms with Gasteiger partial charge in [0.15, 0.2) is 0 Å². The number of benzene rings is 2. The molecular weight excluding hydrogens is 395 g/mol. The van der Waals surface area contributed by atoms with Crippen molar-refractivity contribution < 1.29 is 21.6 Å². The lowest BCUT2D eigenvalue weighted by Gasteiger charge is -2.09. The first-order valence-electron chi connectivity index (χ1n) is 6.38. The van der Waals surface area contributed by atoms with E-state index >= 15 is 0 Å². The van der Waals surface area contributed by atoms with Gasteiger partial charge in [-0.15, -0.1) is 0 Å². The molecule has 8 heteroatoms. The maximum Gasteiger partial charge on any atom is 0.416 e. The molecule has 3 aromatic rings. The number of rotatable bonds is 2. The molecular formula is C15H9BrF3NO2S. The summed E-state index contributed by atoms with van der Waals surface area (Å²) in [7, 11) is -4.07. The number of nitrogens with one attached hydrogen (secondary N) is 1. The van der Waals surface area contributed by atoms with Crippen LogP contribution in [0.1, 0.15) is 5.56 Å². The summed E-state index contributed by atoms with van der Waals surface area (Å²) in [6.45, 7) is 0. The molecule has 0 bridgehead atoms. The lowest BCUT2D eigenvalue weighted by atomic mass is 10.2. The monoisotopic (exact) mass is 403 g/mol. The molecule has 0 aliphatic rings. The summed E-state index contributed by atoms with van der Waals surface area (Å²) < 4.78 is 64.5. The number of sulfone groups is 1. The summed E-state index contributed by atoms with van der Waals surface area (Å²) in [6.07, 6.45) is -3.32. The smallest absolute Gasteiger partial charge is 0.360 e. The zero-order valence-electron chi connectivity index (χ0n) is 11.4. The second-order valence-corrected chi connectivity index (χ2v) is 7.71. The molecule has 0 fully saturated rings. The third-order valence-electron chi connectivity index (χ3n) is 3.37. The largest absolute Gasteiger partial charge is 0.416 e. The van der Waals surface area contributed by atoms with Crippen LogP contribution in [0.5, 0.6) is 0 Å². The lowest BCUT2D eigenvalue weighted by molar-refractivity contribution is -0.137. The van der Waals surface area contributed by atoms with Gasteiger partial charge in [-0.1, -0.05) is 22.0 Å². The van der Waals surface area contributed by atoms with Gasteiger partial charge in [-0.3, -0.25) is 0 Å². The van der Waals surface area contributed by atoms with Crippen molar-refractivity contribution >= 4 is 36.7 Å². The van der Waals surface area contributed by atoms with Gasteiger partial charge in [-0.25, -0.2) is 8.42 Å². The molecule has 3 nitrogen and oxygen atoms in total. The molecule has 3 rings (SSSR count). The molecule has 23 heavy (non-hydrogen) atoms. The summed E-state index contributed by atoms with van der Waals surface area (Å²) in [6, 6.07) is 8.75. The number of halogens is 4. The van der Waals surface area contributed by atoms with Gasteiger partial charge in [0.05, 0.1) is 15.4 Å². The molecule has 120 valence electrons. The van der Waals surface area contributed by atoms with Gasteiger partial charge in [0.2, 0.25) is 9.84 Å². The first kappa shape index (κ1) is 16.1. The maximum absolute atomic E-state index is 12.8. The molecule has 0 unspecified atom stereocenters. The number of hydrogen-bond acceptors (Lipinski definition) is 2. The molecule has 0 aliphatic carbocycles. The number of aromatic amines is 1. The average molecular weight is 404 g/mol. The molecule has 1 N–H and O–H groups in total. The van der Waals surface area contributed by atoms with Crippen LogP contribution in [0.2, 0.25) is 0 Å². The van der Waals surface area contributed by atoms with Crippen LogP contribution in [0.3, 0.4) is 0 Å². The van der Waals surface area contributed by atoms with E-state index in [1.165, 1.54) is 6.20 Å². The summed E-state index contributed by atoms with van der Waals surface area (Å²) >= 11 is 3.25. The topological polar surface area (TPSA) is 49.9 Å². The molecule has 0 atom stereocenters. The number of alkyl halides is 3. The number of fused-ring (bicyclic) bond motifs is 1. The molecule has 0 saturated carbocycles. The molecule has 0 radical (unpaired) electrons. The Morgan fingerprint density at radius 1 is 1.04 bits per heavy atom. The van der Waals surface area contributed by atoms with Crippen LogP contribution in [-0.4, -0.2) is 13.4 Å². The van der Waals surface area contributed by atoms with Crippen molar-refractivity contribution in [3.8, 4) is 0 Å². The van der Waals surface area contributed by atoms with Crippen LogP contribution in [0.4, 0.5) is 13.2 Å². The molecule has 0 saturated heterocycles. The van der Waals surface area contributed by atoms with Gasteiger partial charge in [0, 0.05) is 21.6 Å². The van der Waals surface area contributed by atoms with E-state index in [-0.39, 0.29) is 4.90 Å². The van der Waals surface area contributed by atoms with Crippen molar-refractivity contribution in [1.29, 1.82) is 0 Å². The fraction of sp³-hybridized carbons (Fsp3) is 0.0667. The highest BCUT2D eigenvalue weighted by Crippen LogP contribution is 2.34. The van der Waals surface area contributed by atoms with Gasteiger partial charge >= 0.3 is 6.18 Å². The Hall–Kier alpha value is -1.80. The van der Waals surface area contributed by atoms with E-state index in [1.54, 1.807) is 18.2 Å². The Bertz CT molecular complexity index is 993. The van der Waals surface area contributed by atoms with Crippen molar-refractivity contribution in [2.24, 2.45) is 0 Å². The van der Waals surface area contributed by atoms with Gasteiger partial charge < -0.3 is 4.98 Å². The van der Waals surface area contributed by atoms with Gasteiger partial charge in [0.25, 0.3) is 0 Å². The first-order chi connectivity index (χ1) is 10.7. The SMILES string of the molecule is O=S(=O)(c1cccc(C(F)(F)F)c1)c1c[nH]c2ccc(Br)cc12. The van der Waals surface area contributed by atoms with Gasteiger partial charge in [-0.2, -0.15) is 13.2 Å². The number of aromatic nitrogens is 1. The van der Waals surface area contributed by atoms with E-state index < -0.39 is 26.5 Å². The number of H-pyrrole nitrogens is 1. The summed E-state index contributed by atoms with van der Waals surface area (Å²) in [5.74, 6) is 0. The number of hydrogen-bond donors (Lipinski definition) is 1. The van der Waals surface area contributed by atoms with E-state index in [0.29, 0.717) is 21.4 Å². The molecule has 1 heterocycles. The summed E-state index contributed by atoms with van der Waals surface area (Å²) in [5.41, 5.74) is -0.418. The third kappa shape index (κ3) is 2.88. The highest BCUT2D eigenvalue weighted by atomic mass is 79.9. The van der Waals surface area contributed by atoms with Crippen molar-refractivity contribution in [1.82, 2.24) is 4.98 Å². The Morgan fingerprint density at radius 3 is 2.48 bits per heavy atom. The van der Waals surface area contributed by atoms with Crippen LogP contribution in [-0.2, 0) is 16.0 Å². The van der Waals surface area contributed by atoms with Gasteiger partial charge in [-0.05, 0) is 36.4 Å². The second-order valence-electron chi connectivity index (χ2n) is 4.87. The normalized spacial score (nSPS) is 12.7. The summed E-state index contributed by atoms with van der Waals surface area (Å²) in [5, 5.41) is 0.414. The van der Waals surface area contributed by atoms with Crippen molar-refractivity contribution in [3.05, 3.63) is 58.7 Å². The van der Waals surface area contributed by atoms with Crippen molar-refractivity contribution in [3.63, 3.8) is 0 Å². The van der Waals surface area contributed by atoms with Crippen LogP contribution in [0, 0.1) is 0 Å². The van der Waals surface area contributed by atoms with Crippen LogP contribution >= 0.6 is 15.9 Å². The van der Waals surface area contributed by atoms with E-state index in [9.17, 15) is 21.6 Å². The minimum Gasteiger partial charge on any atom is -0.360 e. The van der Waals surface area contributed by atoms with E-state index in [2.05, 4.69) is 20.9 Å². The van der Waals surface area contributed by atoms with Crippen LogP contribution in [0.25, 0.3) is 10.9 Å². The fourth-order valence-corrected chi connectivity index (χ4v) is 4.08.